The summed E-state index contributed by atoms with van der Waals surface area (Å²) in [6.45, 7) is 3.69. The molecule has 0 atom stereocenters. The van der Waals surface area contributed by atoms with Gasteiger partial charge in [0.15, 0.2) is 11.6 Å². The van der Waals surface area contributed by atoms with Crippen LogP contribution in [0.4, 0.5) is 17.5 Å². The first-order valence-electron chi connectivity index (χ1n) is 11.6. The van der Waals surface area contributed by atoms with Crippen molar-refractivity contribution in [3.8, 4) is 11.5 Å². The Bertz CT molecular complexity index is 1410. The van der Waals surface area contributed by atoms with Crippen LogP contribution in [0.25, 0.3) is 0 Å². The van der Waals surface area contributed by atoms with Gasteiger partial charge in [0.1, 0.15) is 17.3 Å². The first-order valence-corrected chi connectivity index (χ1v) is 13.0. The number of sulfonamides is 1. The van der Waals surface area contributed by atoms with Crippen LogP contribution in [0.3, 0.4) is 0 Å². The van der Waals surface area contributed by atoms with Crippen molar-refractivity contribution in [2.45, 2.75) is 11.8 Å². The lowest BCUT2D eigenvalue weighted by atomic mass is 10.3. The third-order valence-corrected chi connectivity index (χ3v) is 7.71. The summed E-state index contributed by atoms with van der Waals surface area (Å²) in [5.41, 5.74) is 0.911. The topological polar surface area (TPSA) is 101 Å². The summed E-state index contributed by atoms with van der Waals surface area (Å²) in [7, 11) is -3.60. The standard InChI is InChI=1S/C26H26N6O3S/c1-20-6-5-9-24(27-20)28-25-14-15-26(30-29-25)31-16-18-32(19-17-31)36(33,34)23-12-10-22(11-13-23)35-21-7-3-2-4-8-21/h2-15H,16-19H2,1H3,(H,27,28,29). The van der Waals surface area contributed by atoms with Gasteiger partial charge in [-0.15, -0.1) is 10.2 Å². The van der Waals surface area contributed by atoms with Crippen LogP contribution >= 0.6 is 0 Å². The van der Waals surface area contributed by atoms with E-state index in [1.165, 1.54) is 4.31 Å². The molecule has 0 saturated carbocycles. The number of aryl methyl sites for hydroxylation is 1. The Morgan fingerprint density at radius 3 is 2.14 bits per heavy atom. The van der Waals surface area contributed by atoms with Gasteiger partial charge < -0.3 is 15.0 Å². The molecule has 1 fully saturated rings. The highest BCUT2D eigenvalue weighted by Crippen LogP contribution is 2.25. The molecule has 0 radical (unpaired) electrons. The van der Waals surface area contributed by atoms with E-state index in [0.29, 0.717) is 55.1 Å². The molecule has 9 nitrogen and oxygen atoms in total. The molecule has 1 N–H and O–H groups in total. The zero-order chi connectivity index (χ0) is 25.0. The lowest BCUT2D eigenvalue weighted by molar-refractivity contribution is 0.383. The number of para-hydroxylation sites is 1. The van der Waals surface area contributed by atoms with Crippen molar-refractivity contribution in [3.05, 3.63) is 90.6 Å². The predicted octanol–water partition coefficient (Wildman–Crippen LogP) is 4.23. The second-order valence-electron chi connectivity index (χ2n) is 8.34. The van der Waals surface area contributed by atoms with Gasteiger partial charge >= 0.3 is 0 Å². The Morgan fingerprint density at radius 2 is 1.47 bits per heavy atom. The third-order valence-electron chi connectivity index (χ3n) is 5.80. The van der Waals surface area contributed by atoms with Crippen LogP contribution in [-0.2, 0) is 10.0 Å². The summed E-state index contributed by atoms with van der Waals surface area (Å²) < 4.78 is 33.6. The minimum Gasteiger partial charge on any atom is -0.457 e. The van der Waals surface area contributed by atoms with Gasteiger partial charge in [0, 0.05) is 31.9 Å². The normalized spacial score (nSPS) is 14.4. The molecule has 2 aromatic carbocycles. The number of aromatic nitrogens is 3. The summed E-state index contributed by atoms with van der Waals surface area (Å²) in [6, 6.07) is 25.3. The minimum absolute atomic E-state index is 0.247. The van der Waals surface area contributed by atoms with E-state index in [2.05, 4.69) is 20.5 Å². The number of nitrogens with one attached hydrogen (secondary N) is 1. The van der Waals surface area contributed by atoms with E-state index in [1.54, 1.807) is 24.3 Å². The average Bonchev–Trinajstić information content (AvgIpc) is 2.90. The van der Waals surface area contributed by atoms with E-state index in [9.17, 15) is 8.42 Å². The lowest BCUT2D eigenvalue weighted by Crippen LogP contribution is -2.48. The molecule has 0 amide bonds. The van der Waals surface area contributed by atoms with Crippen LogP contribution in [0, 0.1) is 6.92 Å². The number of ether oxygens (including phenoxy) is 1. The van der Waals surface area contributed by atoms with Crippen molar-refractivity contribution in [1.82, 2.24) is 19.5 Å². The van der Waals surface area contributed by atoms with Crippen LogP contribution in [0.1, 0.15) is 5.69 Å². The highest BCUT2D eigenvalue weighted by Gasteiger charge is 2.29. The lowest BCUT2D eigenvalue weighted by Gasteiger charge is -2.34. The largest absolute Gasteiger partial charge is 0.457 e. The molecule has 2 aromatic heterocycles. The highest BCUT2D eigenvalue weighted by molar-refractivity contribution is 7.89. The van der Waals surface area contributed by atoms with Gasteiger partial charge in [-0.25, -0.2) is 13.4 Å². The number of benzene rings is 2. The Morgan fingerprint density at radius 1 is 0.750 bits per heavy atom. The molecular weight excluding hydrogens is 476 g/mol. The van der Waals surface area contributed by atoms with Crippen molar-refractivity contribution in [1.29, 1.82) is 0 Å². The molecule has 10 heteroatoms. The van der Waals surface area contributed by atoms with E-state index in [4.69, 9.17) is 4.74 Å². The number of nitrogens with zero attached hydrogens (tertiary/aromatic N) is 5. The fraction of sp³-hybridized carbons (Fsp3) is 0.192. The van der Waals surface area contributed by atoms with Crippen LogP contribution in [-0.4, -0.2) is 54.1 Å². The molecule has 3 heterocycles. The molecule has 1 aliphatic rings. The van der Waals surface area contributed by atoms with Crippen LogP contribution in [0.15, 0.2) is 89.8 Å². The number of anilines is 3. The maximum absolute atomic E-state index is 13.2. The zero-order valence-corrected chi connectivity index (χ0v) is 20.6. The van der Waals surface area contributed by atoms with E-state index in [1.807, 2.05) is 72.5 Å². The number of pyridine rings is 1. The molecule has 0 bridgehead atoms. The van der Waals surface area contributed by atoms with Gasteiger partial charge in [0.2, 0.25) is 10.0 Å². The summed E-state index contributed by atoms with van der Waals surface area (Å²) in [5, 5.41) is 11.7. The number of hydrogen-bond acceptors (Lipinski definition) is 8. The van der Waals surface area contributed by atoms with Crippen molar-refractivity contribution in [3.63, 3.8) is 0 Å². The third kappa shape index (κ3) is 5.45. The van der Waals surface area contributed by atoms with E-state index in [0.717, 1.165) is 5.69 Å². The highest BCUT2D eigenvalue weighted by atomic mass is 32.2. The molecule has 1 aliphatic heterocycles. The minimum atomic E-state index is -3.60. The van der Waals surface area contributed by atoms with E-state index in [-0.39, 0.29) is 4.90 Å². The van der Waals surface area contributed by atoms with Crippen LogP contribution in [0.2, 0.25) is 0 Å². The zero-order valence-electron chi connectivity index (χ0n) is 19.8. The Labute approximate surface area is 210 Å². The molecular formula is C26H26N6O3S. The molecule has 1 saturated heterocycles. The van der Waals surface area contributed by atoms with Crippen molar-refractivity contribution in [2.75, 3.05) is 36.4 Å². The average molecular weight is 503 g/mol. The first kappa shape index (κ1) is 23.7. The van der Waals surface area contributed by atoms with Gasteiger partial charge in [-0.3, -0.25) is 0 Å². The molecule has 5 rings (SSSR count). The van der Waals surface area contributed by atoms with E-state index < -0.39 is 10.0 Å². The summed E-state index contributed by atoms with van der Waals surface area (Å²) in [5.74, 6) is 3.29. The van der Waals surface area contributed by atoms with Crippen molar-refractivity contribution in [2.24, 2.45) is 0 Å². The van der Waals surface area contributed by atoms with Crippen molar-refractivity contribution < 1.29 is 13.2 Å². The van der Waals surface area contributed by atoms with Gasteiger partial charge in [-0.1, -0.05) is 24.3 Å². The van der Waals surface area contributed by atoms with Gasteiger partial charge in [-0.2, -0.15) is 4.31 Å². The van der Waals surface area contributed by atoms with E-state index >= 15 is 0 Å². The monoisotopic (exact) mass is 502 g/mol. The second-order valence-corrected chi connectivity index (χ2v) is 10.3. The number of piperazine rings is 1. The van der Waals surface area contributed by atoms with Gasteiger partial charge in [-0.05, 0) is 67.6 Å². The Balaban J connectivity index is 1.18. The predicted molar refractivity (Wildman–Crippen MR) is 138 cm³/mol. The van der Waals surface area contributed by atoms with Crippen molar-refractivity contribution >= 4 is 27.5 Å². The SMILES string of the molecule is Cc1cccc(Nc2ccc(N3CCN(S(=O)(=O)c4ccc(Oc5ccccc5)cc4)CC3)nn2)n1. The first-order chi connectivity index (χ1) is 17.5. The second kappa shape index (κ2) is 10.3. The summed E-state index contributed by atoms with van der Waals surface area (Å²) in [6.07, 6.45) is 0. The smallest absolute Gasteiger partial charge is 0.243 e. The van der Waals surface area contributed by atoms with Gasteiger partial charge in [0.05, 0.1) is 4.90 Å². The fourth-order valence-corrected chi connectivity index (χ4v) is 5.34. The maximum atomic E-state index is 13.2. The molecule has 36 heavy (non-hydrogen) atoms. The maximum Gasteiger partial charge on any atom is 0.243 e. The molecule has 184 valence electrons. The molecule has 4 aromatic rings. The number of hydrogen-bond donors (Lipinski definition) is 1. The quantitative estimate of drug-likeness (QED) is 0.401. The summed E-state index contributed by atoms with van der Waals surface area (Å²) >= 11 is 0. The number of rotatable bonds is 7. The summed E-state index contributed by atoms with van der Waals surface area (Å²) in [4.78, 5) is 6.68. The Hall–Kier alpha value is -4.02. The van der Waals surface area contributed by atoms with Crippen LogP contribution < -0.4 is 15.0 Å². The van der Waals surface area contributed by atoms with Crippen LogP contribution in [0.5, 0.6) is 11.5 Å². The molecule has 0 aliphatic carbocycles. The molecule has 0 spiro atoms. The van der Waals surface area contributed by atoms with Gasteiger partial charge in [0.25, 0.3) is 0 Å². The molecule has 0 unspecified atom stereocenters. The Kier molecular flexibility index (Phi) is 6.79. The fourth-order valence-electron chi connectivity index (χ4n) is 3.92.